The Kier molecular flexibility index (Phi) is 7.15. The maximum atomic E-state index is 11.7. The SMILES string of the molecule is CC(=O)c1ccc(C(O)C(O)CNC(=O)OCc2ccccc2)c(Cl)c1. The Bertz CT molecular complexity index is 766. The Labute approximate surface area is 156 Å². The molecule has 0 aliphatic rings. The highest BCUT2D eigenvalue weighted by atomic mass is 35.5. The van der Waals surface area contributed by atoms with E-state index in [-0.39, 0.29) is 29.5 Å². The van der Waals surface area contributed by atoms with Gasteiger partial charge in [-0.2, -0.15) is 0 Å². The number of ether oxygens (including phenoxy) is 1. The standard InChI is InChI=1S/C19H20ClNO5/c1-12(22)14-7-8-15(16(20)9-14)18(24)17(23)10-21-19(25)26-11-13-5-3-2-4-6-13/h2-9,17-18,23-24H,10-11H2,1H3,(H,21,25). The first-order valence-electron chi connectivity index (χ1n) is 7.99. The van der Waals surface area contributed by atoms with Crippen molar-refractivity contribution >= 4 is 23.5 Å². The highest BCUT2D eigenvalue weighted by Gasteiger charge is 2.22. The lowest BCUT2D eigenvalue weighted by atomic mass is 10.0. The van der Waals surface area contributed by atoms with E-state index in [9.17, 15) is 19.8 Å². The van der Waals surface area contributed by atoms with Gasteiger partial charge in [-0.05, 0) is 18.6 Å². The van der Waals surface area contributed by atoms with Gasteiger partial charge < -0.3 is 20.3 Å². The Morgan fingerprint density at radius 2 is 1.85 bits per heavy atom. The first kappa shape index (κ1) is 19.9. The van der Waals surface area contributed by atoms with Crippen molar-refractivity contribution < 1.29 is 24.5 Å². The van der Waals surface area contributed by atoms with Gasteiger partial charge in [-0.25, -0.2) is 4.79 Å². The number of hydrogen-bond donors (Lipinski definition) is 3. The fourth-order valence-electron chi connectivity index (χ4n) is 2.27. The van der Waals surface area contributed by atoms with Gasteiger partial charge in [0, 0.05) is 22.7 Å². The summed E-state index contributed by atoms with van der Waals surface area (Å²) in [6, 6.07) is 13.6. The number of Topliss-reactive ketones (excluding diaryl/α,β-unsaturated/α-hetero) is 1. The topological polar surface area (TPSA) is 95.9 Å². The van der Waals surface area contributed by atoms with Crippen LogP contribution in [0.5, 0.6) is 0 Å². The lowest BCUT2D eigenvalue weighted by Gasteiger charge is -2.20. The van der Waals surface area contributed by atoms with Crippen molar-refractivity contribution in [2.45, 2.75) is 25.7 Å². The van der Waals surface area contributed by atoms with Crippen LogP contribution in [-0.2, 0) is 11.3 Å². The zero-order valence-electron chi connectivity index (χ0n) is 14.2. The number of aliphatic hydroxyl groups excluding tert-OH is 2. The van der Waals surface area contributed by atoms with Crippen molar-refractivity contribution in [3.8, 4) is 0 Å². The molecule has 0 heterocycles. The maximum Gasteiger partial charge on any atom is 0.407 e. The monoisotopic (exact) mass is 377 g/mol. The minimum absolute atomic E-state index is 0.101. The van der Waals surface area contributed by atoms with Crippen molar-refractivity contribution in [3.05, 3.63) is 70.2 Å². The summed E-state index contributed by atoms with van der Waals surface area (Å²) in [5.41, 5.74) is 1.51. The van der Waals surface area contributed by atoms with E-state index in [0.29, 0.717) is 5.56 Å². The fourth-order valence-corrected chi connectivity index (χ4v) is 2.56. The Balaban J connectivity index is 1.85. The molecule has 3 N–H and O–H groups in total. The minimum Gasteiger partial charge on any atom is -0.445 e. The summed E-state index contributed by atoms with van der Waals surface area (Å²) in [4.78, 5) is 23.0. The van der Waals surface area contributed by atoms with Gasteiger partial charge in [-0.15, -0.1) is 0 Å². The predicted molar refractivity (Wildman–Crippen MR) is 97.1 cm³/mol. The Morgan fingerprint density at radius 1 is 1.15 bits per heavy atom. The van der Waals surface area contributed by atoms with Crippen LogP contribution >= 0.6 is 11.6 Å². The van der Waals surface area contributed by atoms with E-state index >= 15 is 0 Å². The molecule has 138 valence electrons. The molecule has 26 heavy (non-hydrogen) atoms. The first-order valence-corrected chi connectivity index (χ1v) is 8.37. The van der Waals surface area contributed by atoms with Gasteiger partial charge in [0.25, 0.3) is 0 Å². The molecule has 0 radical (unpaired) electrons. The number of benzene rings is 2. The van der Waals surface area contributed by atoms with Crippen LogP contribution < -0.4 is 5.32 Å². The zero-order valence-corrected chi connectivity index (χ0v) is 14.9. The average molecular weight is 378 g/mol. The third kappa shape index (κ3) is 5.56. The van der Waals surface area contributed by atoms with Crippen LogP contribution in [0.25, 0.3) is 0 Å². The second-order valence-corrected chi connectivity index (χ2v) is 6.15. The lowest BCUT2D eigenvalue weighted by molar-refractivity contribution is 0.0184. The van der Waals surface area contributed by atoms with E-state index in [1.54, 1.807) is 0 Å². The van der Waals surface area contributed by atoms with Crippen LogP contribution in [0.4, 0.5) is 4.79 Å². The van der Waals surface area contributed by atoms with Crippen molar-refractivity contribution in [1.29, 1.82) is 0 Å². The second-order valence-electron chi connectivity index (χ2n) is 5.75. The highest BCUT2D eigenvalue weighted by molar-refractivity contribution is 6.31. The predicted octanol–water partition coefficient (Wildman–Crippen LogP) is 2.86. The van der Waals surface area contributed by atoms with E-state index in [2.05, 4.69) is 5.32 Å². The van der Waals surface area contributed by atoms with Crippen molar-refractivity contribution in [2.75, 3.05) is 6.54 Å². The summed E-state index contributed by atoms with van der Waals surface area (Å²) in [6.07, 6.45) is -3.32. The minimum atomic E-state index is -1.32. The molecule has 1 amide bonds. The Morgan fingerprint density at radius 3 is 2.46 bits per heavy atom. The molecule has 2 aromatic rings. The van der Waals surface area contributed by atoms with Crippen LogP contribution in [0.2, 0.25) is 5.02 Å². The smallest absolute Gasteiger partial charge is 0.407 e. The summed E-state index contributed by atoms with van der Waals surface area (Å²) >= 11 is 6.06. The molecule has 0 saturated heterocycles. The Hall–Kier alpha value is -2.41. The third-order valence-corrected chi connectivity index (χ3v) is 4.09. The summed E-state index contributed by atoms with van der Waals surface area (Å²) in [7, 11) is 0. The number of nitrogens with one attached hydrogen (secondary N) is 1. The van der Waals surface area contributed by atoms with Crippen LogP contribution in [0.15, 0.2) is 48.5 Å². The summed E-state index contributed by atoms with van der Waals surface area (Å²) in [5.74, 6) is -0.156. The van der Waals surface area contributed by atoms with Gasteiger partial charge in [0.05, 0.1) is 0 Å². The third-order valence-electron chi connectivity index (χ3n) is 3.76. The number of halogens is 1. The van der Waals surface area contributed by atoms with Crippen LogP contribution in [0.1, 0.15) is 34.5 Å². The number of carbonyl (C=O) groups is 2. The van der Waals surface area contributed by atoms with Crippen molar-refractivity contribution in [3.63, 3.8) is 0 Å². The molecule has 2 rings (SSSR count). The molecule has 0 saturated carbocycles. The molecule has 0 aliphatic heterocycles. The lowest BCUT2D eigenvalue weighted by Crippen LogP contribution is -2.35. The largest absolute Gasteiger partial charge is 0.445 e. The number of hydrogen-bond acceptors (Lipinski definition) is 5. The van der Waals surface area contributed by atoms with Gasteiger partial charge in [-0.1, -0.05) is 54.1 Å². The van der Waals surface area contributed by atoms with E-state index in [1.807, 2.05) is 30.3 Å². The fraction of sp³-hybridized carbons (Fsp3) is 0.263. The molecule has 0 aromatic heterocycles. The molecule has 2 aromatic carbocycles. The average Bonchev–Trinajstić information content (AvgIpc) is 2.64. The van der Waals surface area contributed by atoms with Gasteiger partial charge in [-0.3, -0.25) is 4.79 Å². The van der Waals surface area contributed by atoms with E-state index in [1.165, 1.54) is 25.1 Å². The van der Waals surface area contributed by atoms with Gasteiger partial charge >= 0.3 is 6.09 Å². The summed E-state index contributed by atoms with van der Waals surface area (Å²) in [6.45, 7) is 1.28. The number of alkyl carbamates (subject to hydrolysis) is 1. The molecule has 7 heteroatoms. The quantitative estimate of drug-likeness (QED) is 0.645. The van der Waals surface area contributed by atoms with Crippen molar-refractivity contribution in [1.82, 2.24) is 5.32 Å². The molecule has 6 nitrogen and oxygen atoms in total. The van der Waals surface area contributed by atoms with E-state index in [0.717, 1.165) is 5.56 Å². The molecular formula is C19H20ClNO5. The number of aliphatic hydroxyl groups is 2. The number of carbonyl (C=O) groups excluding carboxylic acids is 2. The van der Waals surface area contributed by atoms with Gasteiger partial charge in [0.15, 0.2) is 5.78 Å². The van der Waals surface area contributed by atoms with Crippen LogP contribution in [0.3, 0.4) is 0 Å². The summed E-state index contributed by atoms with van der Waals surface area (Å²) < 4.78 is 5.02. The molecular weight excluding hydrogens is 358 g/mol. The number of rotatable bonds is 7. The maximum absolute atomic E-state index is 11.7. The molecule has 0 fully saturated rings. The molecule has 2 unspecified atom stereocenters. The highest BCUT2D eigenvalue weighted by Crippen LogP contribution is 2.26. The molecule has 0 bridgehead atoms. The van der Waals surface area contributed by atoms with Gasteiger partial charge in [0.2, 0.25) is 0 Å². The molecule has 2 atom stereocenters. The first-order chi connectivity index (χ1) is 12.4. The van der Waals surface area contributed by atoms with Crippen LogP contribution in [-0.4, -0.2) is 34.7 Å². The normalized spacial score (nSPS) is 12.9. The second kappa shape index (κ2) is 9.33. The van der Waals surface area contributed by atoms with Crippen molar-refractivity contribution in [2.24, 2.45) is 0 Å². The van der Waals surface area contributed by atoms with Crippen LogP contribution in [0, 0.1) is 0 Å². The number of amides is 1. The number of ketones is 1. The molecule has 0 aliphatic carbocycles. The van der Waals surface area contributed by atoms with E-state index in [4.69, 9.17) is 16.3 Å². The zero-order chi connectivity index (χ0) is 19.1. The summed E-state index contributed by atoms with van der Waals surface area (Å²) in [5, 5.41) is 22.8. The van der Waals surface area contributed by atoms with E-state index < -0.39 is 18.3 Å². The van der Waals surface area contributed by atoms with Gasteiger partial charge in [0.1, 0.15) is 18.8 Å². The molecule has 0 spiro atoms.